The number of nitrogens with one attached hydrogen (secondary N) is 1. The summed E-state index contributed by atoms with van der Waals surface area (Å²) in [5.74, 6) is 0. The van der Waals surface area contributed by atoms with Crippen LogP contribution < -0.4 is 5.32 Å². The highest BCUT2D eigenvalue weighted by Gasteiger charge is 2.13. The van der Waals surface area contributed by atoms with Crippen molar-refractivity contribution in [1.82, 2.24) is 10.2 Å². The number of hydrogen-bond acceptors (Lipinski definition) is 2. The molecule has 1 rings (SSSR count). The van der Waals surface area contributed by atoms with Crippen LogP contribution in [0.3, 0.4) is 0 Å². The van der Waals surface area contributed by atoms with E-state index in [-0.39, 0.29) is 0 Å². The molecule has 1 heterocycles. The van der Waals surface area contributed by atoms with E-state index in [2.05, 4.69) is 23.8 Å². The average molecular weight is 182 g/mol. The van der Waals surface area contributed by atoms with Crippen LogP contribution in [0.2, 0.25) is 0 Å². The second kappa shape index (κ2) is 6.17. The number of nitrogens with zero attached hydrogens (tertiary/aromatic N) is 1. The smallest absolute Gasteiger partial charge is 0.00798 e. The molecular weight excluding hydrogens is 160 g/mol. The summed E-state index contributed by atoms with van der Waals surface area (Å²) in [7, 11) is 2.21. The molecule has 1 aliphatic heterocycles. The lowest BCUT2D eigenvalue weighted by Crippen LogP contribution is -2.30. The van der Waals surface area contributed by atoms with Crippen molar-refractivity contribution in [3.8, 4) is 0 Å². The van der Waals surface area contributed by atoms with E-state index in [4.69, 9.17) is 0 Å². The van der Waals surface area contributed by atoms with Crippen molar-refractivity contribution in [3.63, 3.8) is 0 Å². The highest BCUT2D eigenvalue weighted by Crippen LogP contribution is 2.09. The molecule has 0 aromatic rings. The minimum Gasteiger partial charge on any atom is -0.314 e. The first-order valence-corrected chi connectivity index (χ1v) is 5.35. The van der Waals surface area contributed by atoms with Crippen LogP contribution in [0.5, 0.6) is 0 Å². The van der Waals surface area contributed by atoms with E-state index in [0.29, 0.717) is 0 Å². The Morgan fingerprint density at radius 3 is 3.08 bits per heavy atom. The largest absolute Gasteiger partial charge is 0.314 e. The van der Waals surface area contributed by atoms with Crippen LogP contribution in [-0.2, 0) is 0 Å². The monoisotopic (exact) mass is 182 g/mol. The molecule has 1 N–H and O–H groups in total. The van der Waals surface area contributed by atoms with Gasteiger partial charge in [-0.3, -0.25) is 0 Å². The molecule has 0 aromatic heterocycles. The first-order valence-electron chi connectivity index (χ1n) is 5.35. The summed E-state index contributed by atoms with van der Waals surface area (Å²) in [6.45, 7) is 7.33. The zero-order valence-corrected chi connectivity index (χ0v) is 8.76. The Morgan fingerprint density at radius 1 is 1.46 bits per heavy atom. The maximum absolute atomic E-state index is 3.73. The third-order valence-corrected chi connectivity index (χ3v) is 2.73. The molecule has 0 bridgehead atoms. The van der Waals surface area contributed by atoms with Crippen molar-refractivity contribution in [3.05, 3.63) is 12.7 Å². The Balaban J connectivity index is 2.14. The van der Waals surface area contributed by atoms with E-state index in [1.54, 1.807) is 0 Å². The Bertz CT molecular complexity index is 145. The first kappa shape index (κ1) is 10.7. The first-order chi connectivity index (χ1) is 6.33. The van der Waals surface area contributed by atoms with Gasteiger partial charge in [0, 0.05) is 6.04 Å². The van der Waals surface area contributed by atoms with Crippen LogP contribution in [0.1, 0.15) is 25.7 Å². The molecule has 13 heavy (non-hydrogen) atoms. The third kappa shape index (κ3) is 4.44. The normalized spacial score (nSPS) is 25.5. The molecule has 0 aromatic carbocycles. The Labute approximate surface area is 82.0 Å². The van der Waals surface area contributed by atoms with Gasteiger partial charge in [0.05, 0.1) is 0 Å². The minimum absolute atomic E-state index is 0.741. The summed E-state index contributed by atoms with van der Waals surface area (Å²) >= 11 is 0. The topological polar surface area (TPSA) is 15.3 Å². The molecule has 0 radical (unpaired) electrons. The van der Waals surface area contributed by atoms with E-state index in [1.807, 2.05) is 6.08 Å². The molecule has 2 heteroatoms. The molecular formula is C11H22N2. The lowest BCUT2D eigenvalue weighted by atomic mass is 10.1. The summed E-state index contributed by atoms with van der Waals surface area (Å²) in [4.78, 5) is 2.43. The summed E-state index contributed by atoms with van der Waals surface area (Å²) < 4.78 is 0. The molecule has 1 saturated heterocycles. The summed E-state index contributed by atoms with van der Waals surface area (Å²) in [5, 5.41) is 3.59. The van der Waals surface area contributed by atoms with Crippen molar-refractivity contribution >= 4 is 0 Å². The molecule has 1 fully saturated rings. The van der Waals surface area contributed by atoms with Crippen LogP contribution in [0.4, 0.5) is 0 Å². The summed E-state index contributed by atoms with van der Waals surface area (Å²) in [6, 6.07) is 0.741. The molecule has 0 saturated carbocycles. The highest BCUT2D eigenvalue weighted by molar-refractivity contribution is 4.75. The second-order valence-corrected chi connectivity index (χ2v) is 3.96. The van der Waals surface area contributed by atoms with Gasteiger partial charge < -0.3 is 10.2 Å². The van der Waals surface area contributed by atoms with Crippen LogP contribution in [-0.4, -0.2) is 37.6 Å². The fraction of sp³-hybridized carbons (Fsp3) is 0.818. The third-order valence-electron chi connectivity index (χ3n) is 2.73. The van der Waals surface area contributed by atoms with Crippen molar-refractivity contribution in [1.29, 1.82) is 0 Å². The Kier molecular flexibility index (Phi) is 5.09. The molecule has 0 aliphatic carbocycles. The minimum atomic E-state index is 0.741. The lowest BCUT2D eigenvalue weighted by Gasteiger charge is -2.15. The van der Waals surface area contributed by atoms with Gasteiger partial charge in [0.2, 0.25) is 0 Å². The van der Waals surface area contributed by atoms with Crippen molar-refractivity contribution < 1.29 is 0 Å². The Hall–Kier alpha value is -0.340. The molecule has 1 aliphatic rings. The molecule has 0 spiro atoms. The number of likely N-dealkylation sites (tertiary alicyclic amines) is 1. The predicted molar refractivity (Wildman–Crippen MR) is 58.0 cm³/mol. The van der Waals surface area contributed by atoms with Gasteiger partial charge in [-0.15, -0.1) is 6.58 Å². The van der Waals surface area contributed by atoms with Gasteiger partial charge in [-0.2, -0.15) is 0 Å². The van der Waals surface area contributed by atoms with Crippen LogP contribution in [0.15, 0.2) is 12.7 Å². The SMILES string of the molecule is C=CCCNC1CCCN(C)CC1. The van der Waals surface area contributed by atoms with Gasteiger partial charge in [0.25, 0.3) is 0 Å². The molecule has 2 nitrogen and oxygen atoms in total. The predicted octanol–water partition coefficient (Wildman–Crippen LogP) is 1.64. The van der Waals surface area contributed by atoms with E-state index < -0.39 is 0 Å². The average Bonchev–Trinajstić information content (AvgIpc) is 2.32. The van der Waals surface area contributed by atoms with Gasteiger partial charge in [-0.05, 0) is 52.4 Å². The van der Waals surface area contributed by atoms with Gasteiger partial charge in [-0.25, -0.2) is 0 Å². The number of hydrogen-bond donors (Lipinski definition) is 1. The van der Waals surface area contributed by atoms with Gasteiger partial charge in [0.15, 0.2) is 0 Å². The van der Waals surface area contributed by atoms with Crippen LogP contribution in [0, 0.1) is 0 Å². The molecule has 0 amide bonds. The maximum Gasteiger partial charge on any atom is 0.00798 e. The van der Waals surface area contributed by atoms with Crippen molar-refractivity contribution in [2.24, 2.45) is 0 Å². The van der Waals surface area contributed by atoms with Gasteiger partial charge in [0.1, 0.15) is 0 Å². The van der Waals surface area contributed by atoms with E-state index in [0.717, 1.165) is 19.0 Å². The Morgan fingerprint density at radius 2 is 2.31 bits per heavy atom. The molecule has 1 atom stereocenters. The second-order valence-electron chi connectivity index (χ2n) is 3.96. The number of rotatable bonds is 4. The zero-order valence-electron chi connectivity index (χ0n) is 8.76. The van der Waals surface area contributed by atoms with E-state index in [1.165, 1.54) is 32.4 Å². The van der Waals surface area contributed by atoms with Crippen molar-refractivity contribution in [2.75, 3.05) is 26.7 Å². The maximum atomic E-state index is 3.73. The van der Waals surface area contributed by atoms with E-state index >= 15 is 0 Å². The standard InChI is InChI=1S/C11H22N2/c1-3-4-8-12-11-6-5-9-13(2)10-7-11/h3,11-12H,1,4-10H2,2H3. The van der Waals surface area contributed by atoms with Crippen LogP contribution in [0.25, 0.3) is 0 Å². The molecule has 76 valence electrons. The fourth-order valence-corrected chi connectivity index (χ4v) is 1.83. The van der Waals surface area contributed by atoms with Gasteiger partial charge >= 0.3 is 0 Å². The van der Waals surface area contributed by atoms with Crippen molar-refractivity contribution in [2.45, 2.75) is 31.7 Å². The zero-order chi connectivity index (χ0) is 9.52. The van der Waals surface area contributed by atoms with Crippen LogP contribution >= 0.6 is 0 Å². The lowest BCUT2D eigenvalue weighted by molar-refractivity contribution is 0.344. The summed E-state index contributed by atoms with van der Waals surface area (Å²) in [5.41, 5.74) is 0. The van der Waals surface area contributed by atoms with Gasteiger partial charge in [-0.1, -0.05) is 6.08 Å². The van der Waals surface area contributed by atoms with E-state index in [9.17, 15) is 0 Å². The molecule has 1 unspecified atom stereocenters. The summed E-state index contributed by atoms with van der Waals surface area (Å²) in [6.07, 6.45) is 7.04. The highest BCUT2D eigenvalue weighted by atomic mass is 15.1. The fourth-order valence-electron chi connectivity index (χ4n) is 1.83. The quantitative estimate of drug-likeness (QED) is 0.525.